The molecule has 3 N–H and O–H groups in total. The zero-order chi connectivity index (χ0) is 14.0. The van der Waals surface area contributed by atoms with Crippen molar-refractivity contribution >= 4 is 5.97 Å². The molecular formula is C14H19NO4. The minimum atomic E-state index is -0.802. The summed E-state index contributed by atoms with van der Waals surface area (Å²) >= 11 is 0. The van der Waals surface area contributed by atoms with E-state index in [1.165, 1.54) is 18.2 Å². The first-order valence-electron chi connectivity index (χ1n) is 6.48. The molecule has 0 spiro atoms. The van der Waals surface area contributed by atoms with E-state index in [9.17, 15) is 15.0 Å². The summed E-state index contributed by atoms with van der Waals surface area (Å²) in [6.45, 7) is 2.74. The number of aromatic hydroxyl groups is 2. The highest BCUT2D eigenvalue weighted by Gasteiger charge is 2.31. The van der Waals surface area contributed by atoms with Crippen LogP contribution in [0, 0.1) is 0 Å². The first-order chi connectivity index (χ1) is 8.99. The number of carboxylic acids is 1. The number of aliphatic carboxylic acids is 1. The summed E-state index contributed by atoms with van der Waals surface area (Å²) in [4.78, 5) is 13.0. The Balaban J connectivity index is 2.20. The van der Waals surface area contributed by atoms with Crippen molar-refractivity contribution < 1.29 is 20.1 Å². The standard InChI is InChI=1S/C14H19NO4/c1-9(12-8-11(16)4-5-13(12)17)15-6-2-3-10(15)7-14(18)19/h4-5,8-10,16-17H,2-3,6-7H2,1H3,(H,18,19). The quantitative estimate of drug-likeness (QED) is 0.726. The van der Waals surface area contributed by atoms with E-state index in [0.29, 0.717) is 5.56 Å². The number of benzene rings is 1. The highest BCUT2D eigenvalue weighted by Crippen LogP contribution is 2.36. The van der Waals surface area contributed by atoms with E-state index >= 15 is 0 Å². The maximum atomic E-state index is 10.9. The third-order valence-corrected chi connectivity index (χ3v) is 3.79. The molecule has 2 unspecified atom stereocenters. The number of hydrogen-bond acceptors (Lipinski definition) is 4. The number of phenolic OH excluding ortho intramolecular Hbond substituents is 2. The van der Waals surface area contributed by atoms with Crippen LogP contribution in [0.1, 0.15) is 37.8 Å². The van der Waals surface area contributed by atoms with Crippen LogP contribution in [0.5, 0.6) is 11.5 Å². The van der Waals surface area contributed by atoms with E-state index in [-0.39, 0.29) is 30.0 Å². The second-order valence-corrected chi connectivity index (χ2v) is 5.05. The Morgan fingerprint density at radius 3 is 2.89 bits per heavy atom. The topological polar surface area (TPSA) is 81.0 Å². The van der Waals surface area contributed by atoms with Crippen LogP contribution in [0.3, 0.4) is 0 Å². The molecule has 0 aliphatic carbocycles. The van der Waals surface area contributed by atoms with Gasteiger partial charge in [-0.1, -0.05) is 0 Å². The van der Waals surface area contributed by atoms with E-state index in [4.69, 9.17) is 5.11 Å². The van der Waals surface area contributed by atoms with Crippen LogP contribution in [-0.4, -0.2) is 38.8 Å². The minimum absolute atomic E-state index is 0.00533. The van der Waals surface area contributed by atoms with Crippen molar-refractivity contribution in [1.82, 2.24) is 4.90 Å². The Kier molecular flexibility index (Phi) is 3.95. The molecule has 1 fully saturated rings. The van der Waals surface area contributed by atoms with Gasteiger partial charge >= 0.3 is 5.97 Å². The first-order valence-corrected chi connectivity index (χ1v) is 6.48. The van der Waals surface area contributed by atoms with E-state index in [2.05, 4.69) is 4.90 Å². The van der Waals surface area contributed by atoms with Crippen molar-refractivity contribution in [2.45, 2.75) is 38.3 Å². The average molecular weight is 265 g/mol. The van der Waals surface area contributed by atoms with Gasteiger partial charge in [0.25, 0.3) is 0 Å². The van der Waals surface area contributed by atoms with Gasteiger partial charge in [-0.05, 0) is 44.5 Å². The molecule has 0 radical (unpaired) electrons. The number of nitrogens with zero attached hydrogens (tertiary/aromatic N) is 1. The third-order valence-electron chi connectivity index (χ3n) is 3.79. The van der Waals surface area contributed by atoms with E-state index in [1.54, 1.807) is 0 Å². The van der Waals surface area contributed by atoms with Crippen molar-refractivity contribution in [3.8, 4) is 11.5 Å². The largest absolute Gasteiger partial charge is 0.508 e. The summed E-state index contributed by atoms with van der Waals surface area (Å²) < 4.78 is 0. The molecule has 1 aliphatic heterocycles. The molecule has 0 amide bonds. The summed E-state index contributed by atoms with van der Waals surface area (Å²) in [5, 5.41) is 28.3. The molecule has 0 bridgehead atoms. The van der Waals surface area contributed by atoms with Gasteiger partial charge in [0.05, 0.1) is 6.42 Å². The van der Waals surface area contributed by atoms with Gasteiger partial charge in [-0.2, -0.15) is 0 Å². The zero-order valence-electron chi connectivity index (χ0n) is 10.9. The van der Waals surface area contributed by atoms with Crippen molar-refractivity contribution in [2.24, 2.45) is 0 Å². The van der Waals surface area contributed by atoms with Crippen LogP contribution < -0.4 is 0 Å². The predicted molar refractivity (Wildman–Crippen MR) is 70.2 cm³/mol. The lowest BCUT2D eigenvalue weighted by Gasteiger charge is -2.30. The maximum Gasteiger partial charge on any atom is 0.304 e. The van der Waals surface area contributed by atoms with Crippen LogP contribution in [0.25, 0.3) is 0 Å². The fraction of sp³-hybridized carbons (Fsp3) is 0.500. The number of hydrogen-bond donors (Lipinski definition) is 3. The molecule has 2 rings (SSSR count). The molecule has 0 aromatic heterocycles. The molecule has 1 saturated heterocycles. The molecule has 1 aliphatic rings. The Labute approximate surface area is 112 Å². The van der Waals surface area contributed by atoms with Crippen molar-refractivity contribution in [3.05, 3.63) is 23.8 Å². The Morgan fingerprint density at radius 2 is 2.21 bits per heavy atom. The number of carbonyl (C=O) groups is 1. The van der Waals surface area contributed by atoms with Gasteiger partial charge in [-0.25, -0.2) is 0 Å². The summed E-state index contributed by atoms with van der Waals surface area (Å²) in [7, 11) is 0. The van der Waals surface area contributed by atoms with Crippen LogP contribution in [0.4, 0.5) is 0 Å². The molecule has 1 aromatic carbocycles. The van der Waals surface area contributed by atoms with Gasteiger partial charge in [0.1, 0.15) is 11.5 Å². The summed E-state index contributed by atoms with van der Waals surface area (Å²) in [5.41, 5.74) is 0.636. The SMILES string of the molecule is CC(c1cc(O)ccc1O)N1CCCC1CC(=O)O. The van der Waals surface area contributed by atoms with E-state index < -0.39 is 5.97 Å². The number of carboxylic acid groups (broad SMARTS) is 1. The molecular weight excluding hydrogens is 246 g/mol. The predicted octanol–water partition coefficient (Wildman–Crippen LogP) is 2.10. The number of likely N-dealkylation sites (tertiary alicyclic amines) is 1. The van der Waals surface area contributed by atoms with Gasteiger partial charge < -0.3 is 15.3 Å². The average Bonchev–Trinajstić information content (AvgIpc) is 2.78. The van der Waals surface area contributed by atoms with E-state index in [0.717, 1.165) is 19.4 Å². The van der Waals surface area contributed by atoms with Crippen LogP contribution in [-0.2, 0) is 4.79 Å². The normalized spacial score (nSPS) is 21.4. The van der Waals surface area contributed by atoms with E-state index in [1.807, 2.05) is 6.92 Å². The van der Waals surface area contributed by atoms with Crippen molar-refractivity contribution in [1.29, 1.82) is 0 Å². The molecule has 1 heterocycles. The van der Waals surface area contributed by atoms with Crippen molar-refractivity contribution in [3.63, 3.8) is 0 Å². The van der Waals surface area contributed by atoms with Crippen LogP contribution in [0.15, 0.2) is 18.2 Å². The second-order valence-electron chi connectivity index (χ2n) is 5.05. The first kappa shape index (κ1) is 13.7. The Bertz CT molecular complexity index is 475. The monoisotopic (exact) mass is 265 g/mol. The fourth-order valence-corrected chi connectivity index (χ4v) is 2.84. The zero-order valence-corrected chi connectivity index (χ0v) is 10.9. The Morgan fingerprint density at radius 1 is 1.47 bits per heavy atom. The number of phenols is 2. The van der Waals surface area contributed by atoms with Crippen molar-refractivity contribution in [2.75, 3.05) is 6.54 Å². The summed E-state index contributed by atoms with van der Waals surface area (Å²) in [6, 6.07) is 4.32. The van der Waals surface area contributed by atoms with Crippen LogP contribution in [0.2, 0.25) is 0 Å². The highest BCUT2D eigenvalue weighted by atomic mass is 16.4. The van der Waals surface area contributed by atoms with Gasteiger partial charge in [-0.15, -0.1) is 0 Å². The summed E-state index contributed by atoms with van der Waals surface area (Å²) in [6.07, 6.45) is 1.93. The minimum Gasteiger partial charge on any atom is -0.508 e. The van der Waals surface area contributed by atoms with Crippen LogP contribution >= 0.6 is 0 Å². The lowest BCUT2D eigenvalue weighted by atomic mass is 10.0. The molecule has 104 valence electrons. The van der Waals surface area contributed by atoms with Gasteiger partial charge in [0.15, 0.2) is 0 Å². The van der Waals surface area contributed by atoms with Gasteiger partial charge in [-0.3, -0.25) is 9.69 Å². The Hall–Kier alpha value is -1.75. The third kappa shape index (κ3) is 2.98. The lowest BCUT2D eigenvalue weighted by Crippen LogP contribution is -2.33. The maximum absolute atomic E-state index is 10.9. The highest BCUT2D eigenvalue weighted by molar-refractivity contribution is 5.67. The molecule has 1 aromatic rings. The summed E-state index contributed by atoms with van der Waals surface area (Å²) in [5.74, 6) is -0.566. The lowest BCUT2D eigenvalue weighted by molar-refractivity contribution is -0.138. The van der Waals surface area contributed by atoms with Gasteiger partial charge in [0.2, 0.25) is 0 Å². The molecule has 5 nitrogen and oxygen atoms in total. The smallest absolute Gasteiger partial charge is 0.304 e. The molecule has 5 heteroatoms. The molecule has 0 saturated carbocycles. The fourth-order valence-electron chi connectivity index (χ4n) is 2.84. The number of rotatable bonds is 4. The molecule has 2 atom stereocenters. The second kappa shape index (κ2) is 5.48. The molecule has 19 heavy (non-hydrogen) atoms. The van der Waals surface area contributed by atoms with Gasteiger partial charge in [0, 0.05) is 17.6 Å².